The molecule has 0 aromatic carbocycles. The van der Waals surface area contributed by atoms with Gasteiger partial charge in [0.15, 0.2) is 6.10 Å². The van der Waals surface area contributed by atoms with E-state index in [1.807, 2.05) is 6.08 Å². The van der Waals surface area contributed by atoms with E-state index in [-0.39, 0.29) is 18.1 Å². The minimum atomic E-state index is -0.339. The first-order valence-corrected chi connectivity index (χ1v) is 3.21. The molecule has 0 aliphatic carbocycles. The van der Waals surface area contributed by atoms with Gasteiger partial charge in [-0.2, -0.15) is 0 Å². The maximum atomic E-state index is 11.0. The summed E-state index contributed by atoms with van der Waals surface area (Å²) < 4.78 is 5.01. The van der Waals surface area contributed by atoms with Crippen molar-refractivity contribution in [2.75, 3.05) is 6.67 Å². The van der Waals surface area contributed by atoms with Crippen LogP contribution in [0.25, 0.3) is 0 Å². The van der Waals surface area contributed by atoms with Gasteiger partial charge in [-0.25, -0.2) is 0 Å². The van der Waals surface area contributed by atoms with Crippen molar-refractivity contribution in [3.05, 3.63) is 12.3 Å². The number of carbonyl (C=O) groups is 1. The van der Waals surface area contributed by atoms with Gasteiger partial charge in [-0.1, -0.05) is 0 Å². The first-order chi connectivity index (χ1) is 4.88. The third kappa shape index (κ3) is 0.690. The van der Waals surface area contributed by atoms with Gasteiger partial charge >= 0.3 is 0 Å². The number of hydrogen-bond donors (Lipinski definition) is 2. The van der Waals surface area contributed by atoms with Crippen LogP contribution < -0.4 is 10.6 Å². The zero-order chi connectivity index (χ0) is 6.97. The smallest absolute Gasteiger partial charge is 0.264 e. The maximum absolute atomic E-state index is 11.0. The number of carbonyl (C=O) groups excluding carboxylic acids is 1. The summed E-state index contributed by atoms with van der Waals surface area (Å²) in [4.78, 5) is 11.0. The van der Waals surface area contributed by atoms with Crippen molar-refractivity contribution < 1.29 is 9.53 Å². The predicted octanol–water partition coefficient (Wildman–Crippen LogP) is -1.06. The van der Waals surface area contributed by atoms with Crippen molar-refractivity contribution in [1.29, 1.82) is 0 Å². The van der Waals surface area contributed by atoms with Gasteiger partial charge in [-0.15, -0.1) is 0 Å². The highest BCUT2D eigenvalue weighted by Crippen LogP contribution is 2.11. The molecular formula is C6H8N2O2. The van der Waals surface area contributed by atoms with Crippen LogP contribution in [0.3, 0.4) is 0 Å². The highest BCUT2D eigenvalue weighted by Gasteiger charge is 2.33. The molecule has 10 heavy (non-hydrogen) atoms. The highest BCUT2D eigenvalue weighted by atomic mass is 16.5. The van der Waals surface area contributed by atoms with Gasteiger partial charge in [0.1, 0.15) is 0 Å². The van der Waals surface area contributed by atoms with Gasteiger partial charge in [0.05, 0.1) is 19.0 Å². The fourth-order valence-corrected chi connectivity index (χ4v) is 1.16. The Kier molecular flexibility index (Phi) is 1.14. The van der Waals surface area contributed by atoms with Crippen LogP contribution in [0.4, 0.5) is 0 Å². The molecule has 0 aromatic rings. The molecule has 4 nitrogen and oxygen atoms in total. The highest BCUT2D eigenvalue weighted by molar-refractivity contribution is 5.83. The Bertz CT molecular complexity index is 190. The second-order valence-corrected chi connectivity index (χ2v) is 2.33. The lowest BCUT2D eigenvalue weighted by atomic mass is 10.1. The average Bonchev–Trinajstić information content (AvgIpc) is 2.36. The second kappa shape index (κ2) is 1.98. The fraction of sp³-hybridized carbons (Fsp3) is 0.500. The summed E-state index contributed by atoms with van der Waals surface area (Å²) in [5, 5.41) is 5.71. The molecule has 0 radical (unpaired) electrons. The van der Waals surface area contributed by atoms with Gasteiger partial charge < -0.3 is 10.1 Å². The minimum absolute atomic E-state index is 0.0336. The van der Waals surface area contributed by atoms with Crippen molar-refractivity contribution >= 4 is 5.91 Å². The van der Waals surface area contributed by atoms with E-state index in [2.05, 4.69) is 10.6 Å². The molecule has 2 unspecified atom stereocenters. The Morgan fingerprint density at radius 3 is 3.40 bits per heavy atom. The van der Waals surface area contributed by atoms with E-state index in [1.54, 1.807) is 6.26 Å². The molecule has 2 aliphatic rings. The first-order valence-electron chi connectivity index (χ1n) is 3.21. The lowest BCUT2D eigenvalue weighted by Gasteiger charge is -2.24. The van der Waals surface area contributed by atoms with Crippen molar-refractivity contribution in [3.8, 4) is 0 Å². The minimum Gasteiger partial charge on any atom is -0.486 e. The Balaban J connectivity index is 2.14. The van der Waals surface area contributed by atoms with Crippen LogP contribution in [-0.2, 0) is 9.53 Å². The van der Waals surface area contributed by atoms with Crippen LogP contribution in [0, 0.1) is 0 Å². The SMILES string of the molecule is O=C1NCNC2C=COC12. The Morgan fingerprint density at radius 2 is 2.60 bits per heavy atom. The fourth-order valence-electron chi connectivity index (χ4n) is 1.16. The maximum Gasteiger partial charge on any atom is 0.264 e. The second-order valence-electron chi connectivity index (χ2n) is 2.33. The topological polar surface area (TPSA) is 50.4 Å². The van der Waals surface area contributed by atoms with Gasteiger partial charge in [0.25, 0.3) is 5.91 Å². The molecule has 2 aliphatic heterocycles. The van der Waals surface area contributed by atoms with Crippen molar-refractivity contribution in [2.24, 2.45) is 0 Å². The summed E-state index contributed by atoms with van der Waals surface area (Å²) in [6, 6.07) is 0.0775. The first kappa shape index (κ1) is 5.73. The molecule has 1 amide bonds. The molecule has 2 atom stereocenters. The lowest BCUT2D eigenvalue weighted by Crippen LogP contribution is -2.56. The molecule has 4 heteroatoms. The molecule has 0 saturated carbocycles. The van der Waals surface area contributed by atoms with E-state index in [1.165, 1.54) is 0 Å². The van der Waals surface area contributed by atoms with Gasteiger partial charge in [-0.3, -0.25) is 10.1 Å². The van der Waals surface area contributed by atoms with Crippen LogP contribution in [0.5, 0.6) is 0 Å². The summed E-state index contributed by atoms with van der Waals surface area (Å²) in [5.74, 6) is -0.0336. The van der Waals surface area contributed by atoms with Crippen molar-refractivity contribution in [2.45, 2.75) is 12.1 Å². The summed E-state index contributed by atoms with van der Waals surface area (Å²) in [7, 11) is 0. The molecular weight excluding hydrogens is 132 g/mol. The summed E-state index contributed by atoms with van der Waals surface area (Å²) >= 11 is 0. The zero-order valence-electron chi connectivity index (χ0n) is 5.33. The van der Waals surface area contributed by atoms with Crippen LogP contribution >= 0.6 is 0 Å². The van der Waals surface area contributed by atoms with Gasteiger partial charge in [-0.05, 0) is 6.08 Å². The Hall–Kier alpha value is -1.03. The summed E-state index contributed by atoms with van der Waals surface area (Å²) in [5.41, 5.74) is 0. The third-order valence-corrected chi connectivity index (χ3v) is 1.70. The van der Waals surface area contributed by atoms with Crippen molar-refractivity contribution in [1.82, 2.24) is 10.6 Å². The van der Waals surface area contributed by atoms with E-state index >= 15 is 0 Å². The quantitative estimate of drug-likeness (QED) is 0.451. The Labute approximate surface area is 58.2 Å². The van der Waals surface area contributed by atoms with E-state index in [4.69, 9.17) is 4.74 Å². The normalized spacial score (nSPS) is 36.6. The number of ether oxygens (including phenoxy) is 1. The molecule has 2 heterocycles. The van der Waals surface area contributed by atoms with E-state index in [0.717, 1.165) is 0 Å². The molecule has 2 N–H and O–H groups in total. The Morgan fingerprint density at radius 1 is 1.70 bits per heavy atom. The lowest BCUT2D eigenvalue weighted by molar-refractivity contribution is -0.131. The van der Waals surface area contributed by atoms with Crippen LogP contribution in [0.15, 0.2) is 12.3 Å². The molecule has 2 rings (SSSR count). The van der Waals surface area contributed by atoms with E-state index < -0.39 is 0 Å². The van der Waals surface area contributed by atoms with Crippen molar-refractivity contribution in [3.63, 3.8) is 0 Å². The number of nitrogens with one attached hydrogen (secondary N) is 2. The average molecular weight is 140 g/mol. The molecule has 1 fully saturated rings. The van der Waals surface area contributed by atoms with Crippen LogP contribution in [-0.4, -0.2) is 24.7 Å². The van der Waals surface area contributed by atoms with E-state index in [0.29, 0.717) is 6.67 Å². The number of hydrogen-bond acceptors (Lipinski definition) is 3. The summed E-state index contributed by atoms with van der Waals surface area (Å²) in [6.45, 7) is 0.535. The molecule has 1 saturated heterocycles. The van der Waals surface area contributed by atoms with Gasteiger partial charge in [0.2, 0.25) is 0 Å². The standard InChI is InChI=1S/C6H8N2O2/c9-6-5-4(1-2-10-5)7-3-8-6/h1-2,4-5,7H,3H2,(H,8,9). The number of fused-ring (bicyclic) bond motifs is 1. The van der Waals surface area contributed by atoms with Crippen LogP contribution in [0.2, 0.25) is 0 Å². The number of amides is 1. The predicted molar refractivity (Wildman–Crippen MR) is 33.9 cm³/mol. The third-order valence-electron chi connectivity index (χ3n) is 1.70. The molecule has 0 spiro atoms. The molecule has 0 aromatic heterocycles. The molecule has 54 valence electrons. The monoisotopic (exact) mass is 140 g/mol. The summed E-state index contributed by atoms with van der Waals surface area (Å²) in [6.07, 6.45) is 3.07. The largest absolute Gasteiger partial charge is 0.486 e. The number of rotatable bonds is 0. The zero-order valence-corrected chi connectivity index (χ0v) is 5.33. The van der Waals surface area contributed by atoms with Gasteiger partial charge in [0, 0.05) is 0 Å². The molecule has 0 bridgehead atoms. The van der Waals surface area contributed by atoms with E-state index in [9.17, 15) is 4.79 Å². The van der Waals surface area contributed by atoms with Crippen LogP contribution in [0.1, 0.15) is 0 Å².